The molecular formula is C17H17NO7. The average molecular weight is 347 g/mol. The first-order chi connectivity index (χ1) is 12.1. The van der Waals surface area contributed by atoms with Crippen LogP contribution in [-0.4, -0.2) is 53.2 Å². The number of hydrogen-bond acceptors (Lipinski definition) is 7. The third-order valence-electron chi connectivity index (χ3n) is 3.82. The van der Waals surface area contributed by atoms with Crippen molar-refractivity contribution >= 4 is 11.7 Å². The molecule has 0 radical (unpaired) electrons. The lowest BCUT2D eigenvalue weighted by Gasteiger charge is -2.24. The number of aliphatic hydroxyl groups is 2. The van der Waals surface area contributed by atoms with Crippen LogP contribution in [0.1, 0.15) is 22.4 Å². The van der Waals surface area contributed by atoms with Gasteiger partial charge in [0.05, 0.1) is 37.9 Å². The van der Waals surface area contributed by atoms with E-state index in [-0.39, 0.29) is 37.7 Å². The number of ether oxygens (including phenoxy) is 1. The number of carbonyl (C=O) groups excluding carboxylic acids is 2. The Morgan fingerprint density at radius 1 is 1.20 bits per heavy atom. The largest absolute Gasteiger partial charge is 0.503 e. The van der Waals surface area contributed by atoms with E-state index in [1.165, 1.54) is 23.5 Å². The molecule has 2 aromatic heterocycles. The molecule has 8 nitrogen and oxygen atoms in total. The molecule has 1 amide bonds. The number of furan rings is 2. The lowest BCUT2D eigenvalue weighted by Crippen LogP contribution is -2.34. The standard InChI is InChI=1S/C17H17NO7/c19-6-10-23-9-5-18-14(11-3-1-7-24-11)13(16(21)17(18)22)15(20)12-4-2-8-25-12/h1-4,7-8,14,19,21H,5-6,9-10H2. The Hall–Kier alpha value is -2.84. The fourth-order valence-corrected chi connectivity index (χ4v) is 2.73. The van der Waals surface area contributed by atoms with Crippen LogP contribution in [0.15, 0.2) is 57.0 Å². The van der Waals surface area contributed by atoms with E-state index in [0.29, 0.717) is 5.76 Å². The van der Waals surface area contributed by atoms with Gasteiger partial charge >= 0.3 is 0 Å². The van der Waals surface area contributed by atoms with Crippen molar-refractivity contribution in [2.75, 3.05) is 26.4 Å². The minimum atomic E-state index is -0.877. The van der Waals surface area contributed by atoms with Crippen LogP contribution in [0.3, 0.4) is 0 Å². The van der Waals surface area contributed by atoms with Crippen LogP contribution >= 0.6 is 0 Å². The smallest absolute Gasteiger partial charge is 0.290 e. The third-order valence-corrected chi connectivity index (χ3v) is 3.82. The molecule has 0 bridgehead atoms. The Balaban J connectivity index is 1.91. The van der Waals surface area contributed by atoms with Crippen LogP contribution in [0.5, 0.6) is 0 Å². The molecule has 2 aromatic rings. The molecule has 25 heavy (non-hydrogen) atoms. The molecule has 1 aliphatic rings. The number of ketones is 1. The Labute approximate surface area is 142 Å². The molecule has 3 heterocycles. The quantitative estimate of drug-likeness (QED) is 0.549. The summed E-state index contributed by atoms with van der Waals surface area (Å²) in [5.74, 6) is -1.55. The summed E-state index contributed by atoms with van der Waals surface area (Å²) in [5.41, 5.74) is -0.0999. The average Bonchev–Trinajstić information content (AvgIpc) is 3.35. The zero-order valence-electron chi connectivity index (χ0n) is 13.3. The van der Waals surface area contributed by atoms with Gasteiger partial charge in [-0.2, -0.15) is 0 Å². The molecule has 0 saturated carbocycles. The molecule has 0 aliphatic carbocycles. The van der Waals surface area contributed by atoms with Gasteiger partial charge in [0, 0.05) is 6.54 Å². The van der Waals surface area contributed by atoms with Crippen LogP contribution < -0.4 is 0 Å². The predicted molar refractivity (Wildman–Crippen MR) is 83.8 cm³/mol. The summed E-state index contributed by atoms with van der Waals surface area (Å²) >= 11 is 0. The van der Waals surface area contributed by atoms with Gasteiger partial charge < -0.3 is 28.7 Å². The fourth-order valence-electron chi connectivity index (χ4n) is 2.73. The number of aliphatic hydroxyl groups excluding tert-OH is 2. The first-order valence-electron chi connectivity index (χ1n) is 7.69. The molecule has 8 heteroatoms. The van der Waals surface area contributed by atoms with E-state index in [0.717, 1.165) is 0 Å². The maximum absolute atomic E-state index is 12.7. The number of hydrogen-bond donors (Lipinski definition) is 2. The van der Waals surface area contributed by atoms with Crippen molar-refractivity contribution in [1.82, 2.24) is 4.90 Å². The molecule has 132 valence electrons. The van der Waals surface area contributed by atoms with Crippen molar-refractivity contribution in [3.63, 3.8) is 0 Å². The minimum Gasteiger partial charge on any atom is -0.503 e. The van der Waals surface area contributed by atoms with E-state index in [1.54, 1.807) is 18.2 Å². The van der Waals surface area contributed by atoms with Crippen LogP contribution in [0.25, 0.3) is 0 Å². The first-order valence-corrected chi connectivity index (χ1v) is 7.69. The molecule has 1 aliphatic heterocycles. The Morgan fingerprint density at radius 3 is 2.60 bits per heavy atom. The van der Waals surface area contributed by atoms with E-state index in [2.05, 4.69) is 0 Å². The summed E-state index contributed by atoms with van der Waals surface area (Å²) in [5, 5.41) is 19.0. The molecule has 1 atom stereocenters. The summed E-state index contributed by atoms with van der Waals surface area (Å²) < 4.78 is 15.6. The van der Waals surface area contributed by atoms with E-state index < -0.39 is 23.5 Å². The number of amides is 1. The molecule has 0 saturated heterocycles. The number of Topliss-reactive ketones (excluding diaryl/α,β-unsaturated/α-hetero) is 1. The highest BCUT2D eigenvalue weighted by Gasteiger charge is 2.45. The van der Waals surface area contributed by atoms with Crippen molar-refractivity contribution in [2.24, 2.45) is 0 Å². The highest BCUT2D eigenvalue weighted by atomic mass is 16.5. The van der Waals surface area contributed by atoms with Crippen molar-refractivity contribution in [3.8, 4) is 0 Å². The summed E-state index contributed by atoms with van der Waals surface area (Å²) in [6, 6.07) is 5.37. The Morgan fingerprint density at radius 2 is 1.96 bits per heavy atom. The normalized spacial score (nSPS) is 17.6. The third kappa shape index (κ3) is 3.21. The molecule has 0 spiro atoms. The van der Waals surface area contributed by atoms with Gasteiger partial charge in [0.2, 0.25) is 5.78 Å². The Bertz CT molecular complexity index is 761. The molecular weight excluding hydrogens is 330 g/mol. The van der Waals surface area contributed by atoms with Crippen LogP contribution in [0, 0.1) is 0 Å². The van der Waals surface area contributed by atoms with Crippen molar-refractivity contribution in [3.05, 3.63) is 59.6 Å². The van der Waals surface area contributed by atoms with E-state index >= 15 is 0 Å². The van der Waals surface area contributed by atoms with E-state index in [1.807, 2.05) is 0 Å². The van der Waals surface area contributed by atoms with Gasteiger partial charge in [-0.1, -0.05) is 0 Å². The zero-order valence-corrected chi connectivity index (χ0v) is 13.3. The molecule has 1 unspecified atom stereocenters. The monoisotopic (exact) mass is 347 g/mol. The SMILES string of the molecule is O=C(C1=C(O)C(=O)N(CCOCCO)C1c1ccco1)c1ccco1. The van der Waals surface area contributed by atoms with Gasteiger partial charge in [-0.05, 0) is 24.3 Å². The molecule has 0 fully saturated rings. The lowest BCUT2D eigenvalue weighted by atomic mass is 10.00. The van der Waals surface area contributed by atoms with Crippen LogP contribution in [0.4, 0.5) is 0 Å². The first kappa shape index (κ1) is 17.0. The summed E-state index contributed by atoms with van der Waals surface area (Å²) in [7, 11) is 0. The molecule has 0 aromatic carbocycles. The maximum Gasteiger partial charge on any atom is 0.290 e. The second-order valence-corrected chi connectivity index (χ2v) is 5.32. The van der Waals surface area contributed by atoms with E-state index in [4.69, 9.17) is 18.7 Å². The van der Waals surface area contributed by atoms with Crippen LogP contribution in [0.2, 0.25) is 0 Å². The summed E-state index contributed by atoms with van der Waals surface area (Å²) in [4.78, 5) is 26.4. The van der Waals surface area contributed by atoms with Crippen LogP contribution in [-0.2, 0) is 9.53 Å². The van der Waals surface area contributed by atoms with Gasteiger partial charge in [0.15, 0.2) is 11.5 Å². The minimum absolute atomic E-state index is 0.0179. The topological polar surface area (TPSA) is 113 Å². The highest BCUT2D eigenvalue weighted by molar-refractivity contribution is 6.14. The van der Waals surface area contributed by atoms with Gasteiger partial charge in [0.1, 0.15) is 11.8 Å². The maximum atomic E-state index is 12.7. The van der Waals surface area contributed by atoms with Crippen molar-refractivity contribution < 1.29 is 33.4 Å². The second-order valence-electron chi connectivity index (χ2n) is 5.32. The van der Waals surface area contributed by atoms with Gasteiger partial charge in [0.25, 0.3) is 5.91 Å². The highest BCUT2D eigenvalue weighted by Crippen LogP contribution is 2.38. The van der Waals surface area contributed by atoms with Gasteiger partial charge in [-0.15, -0.1) is 0 Å². The predicted octanol–water partition coefficient (Wildman–Crippen LogP) is 1.46. The zero-order chi connectivity index (χ0) is 17.8. The summed E-state index contributed by atoms with van der Waals surface area (Å²) in [6.45, 7) is 0.245. The fraction of sp³-hybridized carbons (Fsp3) is 0.294. The van der Waals surface area contributed by atoms with Crippen molar-refractivity contribution in [1.29, 1.82) is 0 Å². The summed E-state index contributed by atoms with van der Waals surface area (Å²) in [6.07, 6.45) is 2.76. The Kier molecular flexibility index (Phi) is 5.01. The number of carbonyl (C=O) groups is 2. The molecule has 3 rings (SSSR count). The van der Waals surface area contributed by atoms with E-state index in [9.17, 15) is 14.7 Å². The molecule has 2 N–H and O–H groups in total. The lowest BCUT2D eigenvalue weighted by molar-refractivity contribution is -0.130. The number of rotatable bonds is 8. The van der Waals surface area contributed by atoms with Gasteiger partial charge in [-0.3, -0.25) is 9.59 Å². The van der Waals surface area contributed by atoms with Crippen molar-refractivity contribution in [2.45, 2.75) is 6.04 Å². The van der Waals surface area contributed by atoms with Gasteiger partial charge in [-0.25, -0.2) is 0 Å². The number of nitrogens with zero attached hydrogens (tertiary/aromatic N) is 1. The second kappa shape index (κ2) is 7.37.